The predicted molar refractivity (Wildman–Crippen MR) is 132 cm³/mol. The van der Waals surface area contributed by atoms with Crippen molar-refractivity contribution in [2.75, 3.05) is 11.1 Å². The van der Waals surface area contributed by atoms with Crippen molar-refractivity contribution in [1.29, 1.82) is 0 Å². The number of hydrogen-bond donors (Lipinski definition) is 2. The zero-order valence-corrected chi connectivity index (χ0v) is 20.0. The Kier molecular flexibility index (Phi) is 7.43. The molecule has 0 saturated heterocycles. The van der Waals surface area contributed by atoms with Gasteiger partial charge < -0.3 is 10.6 Å². The standard InChI is InChI=1S/C23H20ClN5O2S2/c1-15-5-2-7-17(11-15)26-21(30)14-33-23-28-27-20(13-25-22(31)19-9-4-10-32-19)29(23)18-8-3-6-16(24)12-18/h2-12H,13-14H2,1H3,(H,25,31)(H,26,30). The summed E-state index contributed by atoms with van der Waals surface area (Å²) in [6.07, 6.45) is 0. The number of rotatable bonds is 8. The van der Waals surface area contributed by atoms with Crippen LogP contribution in [0, 0.1) is 6.92 Å². The molecule has 0 spiro atoms. The van der Waals surface area contributed by atoms with Crippen molar-refractivity contribution >= 4 is 52.2 Å². The Morgan fingerprint density at radius 3 is 2.70 bits per heavy atom. The molecule has 0 saturated carbocycles. The maximum atomic E-state index is 12.5. The van der Waals surface area contributed by atoms with Gasteiger partial charge in [-0.25, -0.2) is 0 Å². The molecular weight excluding hydrogens is 478 g/mol. The highest BCUT2D eigenvalue weighted by Crippen LogP contribution is 2.24. The number of aromatic nitrogens is 3. The van der Waals surface area contributed by atoms with Gasteiger partial charge in [0, 0.05) is 10.7 Å². The Labute approximate surface area is 204 Å². The van der Waals surface area contributed by atoms with E-state index in [0.717, 1.165) is 16.9 Å². The molecule has 33 heavy (non-hydrogen) atoms. The van der Waals surface area contributed by atoms with Gasteiger partial charge in [0.2, 0.25) is 5.91 Å². The first-order chi connectivity index (χ1) is 16.0. The van der Waals surface area contributed by atoms with Crippen molar-refractivity contribution in [2.24, 2.45) is 0 Å². The molecule has 0 aliphatic carbocycles. The summed E-state index contributed by atoms with van der Waals surface area (Å²) in [7, 11) is 0. The minimum Gasteiger partial charge on any atom is -0.344 e. The quantitative estimate of drug-likeness (QED) is 0.336. The molecule has 2 aromatic carbocycles. The lowest BCUT2D eigenvalue weighted by Gasteiger charge is -2.11. The lowest BCUT2D eigenvalue weighted by molar-refractivity contribution is -0.113. The Morgan fingerprint density at radius 1 is 1.09 bits per heavy atom. The van der Waals surface area contributed by atoms with E-state index in [0.29, 0.717) is 20.9 Å². The number of carbonyl (C=O) groups is 2. The first-order valence-electron chi connectivity index (χ1n) is 10.0. The molecule has 0 atom stereocenters. The van der Waals surface area contributed by atoms with Crippen molar-refractivity contribution in [1.82, 2.24) is 20.1 Å². The summed E-state index contributed by atoms with van der Waals surface area (Å²) in [6.45, 7) is 2.14. The predicted octanol–water partition coefficient (Wildman–Crippen LogP) is 4.95. The molecular formula is C23H20ClN5O2S2. The fourth-order valence-electron chi connectivity index (χ4n) is 3.09. The smallest absolute Gasteiger partial charge is 0.261 e. The van der Waals surface area contributed by atoms with Crippen molar-refractivity contribution < 1.29 is 9.59 Å². The van der Waals surface area contributed by atoms with E-state index < -0.39 is 0 Å². The molecule has 10 heteroatoms. The van der Waals surface area contributed by atoms with Gasteiger partial charge in [0.1, 0.15) is 0 Å². The van der Waals surface area contributed by atoms with Gasteiger partial charge in [-0.05, 0) is 54.3 Å². The average molecular weight is 498 g/mol. The fraction of sp³-hybridized carbons (Fsp3) is 0.130. The zero-order valence-electron chi connectivity index (χ0n) is 17.6. The third-order valence-electron chi connectivity index (χ3n) is 4.55. The number of halogens is 1. The zero-order chi connectivity index (χ0) is 23.2. The van der Waals surface area contributed by atoms with Crippen molar-refractivity contribution in [3.63, 3.8) is 0 Å². The second-order valence-electron chi connectivity index (χ2n) is 7.08. The number of hydrogen-bond acceptors (Lipinski definition) is 6. The normalized spacial score (nSPS) is 10.7. The number of thioether (sulfide) groups is 1. The number of nitrogens with zero attached hydrogens (tertiary/aromatic N) is 3. The molecule has 7 nitrogen and oxygen atoms in total. The summed E-state index contributed by atoms with van der Waals surface area (Å²) < 4.78 is 1.80. The Hall–Kier alpha value is -3.14. The molecule has 0 bridgehead atoms. The van der Waals surface area contributed by atoms with E-state index in [-0.39, 0.29) is 24.1 Å². The molecule has 2 amide bonds. The number of amides is 2. The molecule has 2 N–H and O–H groups in total. The van der Waals surface area contributed by atoms with Gasteiger partial charge in [-0.3, -0.25) is 14.2 Å². The summed E-state index contributed by atoms with van der Waals surface area (Å²) in [6, 6.07) is 18.5. The molecule has 0 fully saturated rings. The van der Waals surface area contributed by atoms with E-state index >= 15 is 0 Å². The highest BCUT2D eigenvalue weighted by molar-refractivity contribution is 7.99. The first-order valence-corrected chi connectivity index (χ1v) is 12.2. The minimum atomic E-state index is -0.183. The summed E-state index contributed by atoms with van der Waals surface area (Å²) in [4.78, 5) is 25.5. The maximum Gasteiger partial charge on any atom is 0.261 e. The van der Waals surface area contributed by atoms with Crippen LogP contribution in [0.1, 0.15) is 21.1 Å². The van der Waals surface area contributed by atoms with E-state index in [1.165, 1.54) is 23.1 Å². The SMILES string of the molecule is Cc1cccc(NC(=O)CSc2nnc(CNC(=O)c3cccs3)n2-c2cccc(Cl)c2)c1. The third kappa shape index (κ3) is 6.01. The van der Waals surface area contributed by atoms with Crippen molar-refractivity contribution in [3.8, 4) is 5.69 Å². The van der Waals surface area contributed by atoms with Crippen LogP contribution in [0.25, 0.3) is 5.69 Å². The van der Waals surface area contributed by atoms with E-state index in [9.17, 15) is 9.59 Å². The van der Waals surface area contributed by atoms with Crippen LogP contribution in [-0.2, 0) is 11.3 Å². The van der Waals surface area contributed by atoms with Crippen molar-refractivity contribution in [2.45, 2.75) is 18.6 Å². The van der Waals surface area contributed by atoms with Gasteiger partial charge in [-0.1, -0.05) is 47.6 Å². The van der Waals surface area contributed by atoms with Crippen LogP contribution in [0.2, 0.25) is 5.02 Å². The number of thiophene rings is 1. The van der Waals surface area contributed by atoms with E-state index in [4.69, 9.17) is 11.6 Å². The molecule has 2 aromatic heterocycles. The topological polar surface area (TPSA) is 88.9 Å². The molecule has 0 aliphatic rings. The molecule has 168 valence electrons. The van der Waals surface area contributed by atoms with Gasteiger partial charge >= 0.3 is 0 Å². The van der Waals surface area contributed by atoms with Crippen molar-refractivity contribution in [3.05, 3.63) is 87.3 Å². The summed E-state index contributed by atoms with van der Waals surface area (Å²) >= 11 is 8.82. The van der Waals surface area contributed by atoms with Crippen LogP contribution >= 0.6 is 34.7 Å². The number of aryl methyl sites for hydroxylation is 1. The van der Waals surface area contributed by atoms with Gasteiger partial charge in [-0.2, -0.15) is 0 Å². The lowest BCUT2D eigenvalue weighted by Crippen LogP contribution is -2.24. The summed E-state index contributed by atoms with van der Waals surface area (Å²) in [5.74, 6) is 0.341. The van der Waals surface area contributed by atoms with Crippen LogP contribution in [0.5, 0.6) is 0 Å². The second kappa shape index (κ2) is 10.7. The largest absolute Gasteiger partial charge is 0.344 e. The maximum absolute atomic E-state index is 12.5. The van der Waals surface area contributed by atoms with Gasteiger partial charge in [0.05, 0.1) is 22.9 Å². The molecule has 2 heterocycles. The summed E-state index contributed by atoms with van der Waals surface area (Å²) in [5.41, 5.74) is 2.55. The number of carbonyl (C=O) groups excluding carboxylic acids is 2. The average Bonchev–Trinajstić information content (AvgIpc) is 3.46. The minimum absolute atomic E-state index is 0.147. The fourth-order valence-corrected chi connectivity index (χ4v) is 4.68. The van der Waals surface area contributed by atoms with Gasteiger partial charge in [0.15, 0.2) is 11.0 Å². The number of anilines is 1. The Morgan fingerprint density at radius 2 is 1.94 bits per heavy atom. The second-order valence-corrected chi connectivity index (χ2v) is 9.41. The number of nitrogens with one attached hydrogen (secondary N) is 2. The Balaban J connectivity index is 1.50. The number of benzene rings is 2. The molecule has 4 aromatic rings. The van der Waals surface area contributed by atoms with Crippen LogP contribution in [0.15, 0.2) is 71.2 Å². The highest BCUT2D eigenvalue weighted by atomic mass is 35.5. The van der Waals surface area contributed by atoms with Crippen LogP contribution in [0.4, 0.5) is 5.69 Å². The first kappa shape index (κ1) is 23.0. The molecule has 0 aliphatic heterocycles. The lowest BCUT2D eigenvalue weighted by atomic mass is 10.2. The van der Waals surface area contributed by atoms with E-state index in [1.54, 1.807) is 22.8 Å². The van der Waals surface area contributed by atoms with Crippen LogP contribution in [0.3, 0.4) is 0 Å². The van der Waals surface area contributed by atoms with Crippen LogP contribution < -0.4 is 10.6 Å². The highest BCUT2D eigenvalue weighted by Gasteiger charge is 2.17. The molecule has 0 radical (unpaired) electrons. The third-order valence-corrected chi connectivity index (χ3v) is 6.59. The van der Waals surface area contributed by atoms with Gasteiger partial charge in [0.25, 0.3) is 5.91 Å². The molecule has 4 rings (SSSR count). The van der Waals surface area contributed by atoms with Gasteiger partial charge in [-0.15, -0.1) is 21.5 Å². The Bertz CT molecular complexity index is 1270. The summed E-state index contributed by atoms with van der Waals surface area (Å²) in [5, 5.41) is 17.2. The van der Waals surface area contributed by atoms with Crippen LogP contribution in [-0.4, -0.2) is 32.3 Å². The van der Waals surface area contributed by atoms with E-state index in [1.807, 2.05) is 54.8 Å². The van der Waals surface area contributed by atoms with E-state index in [2.05, 4.69) is 20.8 Å². The molecule has 0 unspecified atom stereocenters. The monoisotopic (exact) mass is 497 g/mol.